The topological polar surface area (TPSA) is 182 Å². The number of sulfonamides is 1. The minimum Gasteiger partial charge on any atom is -0.497 e. The zero-order chi connectivity index (χ0) is 40.1. The summed E-state index contributed by atoms with van der Waals surface area (Å²) in [6, 6.07) is 4.60. The van der Waals surface area contributed by atoms with Crippen LogP contribution in [0.5, 0.6) is 11.6 Å². The number of nitrogens with one attached hydrogen (secondary N) is 3. The van der Waals surface area contributed by atoms with Gasteiger partial charge >= 0.3 is 6.09 Å². The molecule has 0 unspecified atom stereocenters. The van der Waals surface area contributed by atoms with Crippen LogP contribution in [0.2, 0.25) is 5.02 Å². The van der Waals surface area contributed by atoms with Crippen molar-refractivity contribution in [3.05, 3.63) is 41.4 Å². The summed E-state index contributed by atoms with van der Waals surface area (Å²) in [5.41, 5.74) is -1.86. The van der Waals surface area contributed by atoms with E-state index in [1.807, 2.05) is 19.1 Å². The summed E-state index contributed by atoms with van der Waals surface area (Å²) in [5, 5.41) is 6.73. The Morgan fingerprint density at radius 2 is 1.84 bits per heavy atom. The molecule has 4 amide bonds. The number of alkyl carbamates (subject to hydrolysis) is 1. The van der Waals surface area contributed by atoms with Crippen molar-refractivity contribution in [3.8, 4) is 11.6 Å². The van der Waals surface area contributed by atoms with Crippen LogP contribution in [0, 0.1) is 17.8 Å². The monoisotopic (exact) mass is 801 g/mol. The maximum Gasteiger partial charge on any atom is 0.408 e. The third-order valence-corrected chi connectivity index (χ3v) is 13.6. The number of hydrogen-bond acceptors (Lipinski definition) is 10. The Morgan fingerprint density at radius 3 is 2.51 bits per heavy atom. The Hall–Kier alpha value is -4.11. The van der Waals surface area contributed by atoms with E-state index in [-0.39, 0.29) is 37.1 Å². The number of hydrogen-bond donors (Lipinski definition) is 3. The maximum atomic E-state index is 14.7. The van der Waals surface area contributed by atoms with Crippen molar-refractivity contribution in [2.45, 2.75) is 121 Å². The Morgan fingerprint density at radius 1 is 1.11 bits per heavy atom. The number of halogens is 1. The molecule has 0 radical (unpaired) electrons. The third-order valence-electron chi connectivity index (χ3n) is 11.2. The van der Waals surface area contributed by atoms with Crippen LogP contribution in [-0.4, -0.2) is 89.8 Å². The number of aromatic nitrogens is 1. The fraction of sp³-hybridized carbons (Fsp3) is 0.615. The third kappa shape index (κ3) is 8.82. The van der Waals surface area contributed by atoms with Crippen molar-refractivity contribution in [1.29, 1.82) is 0 Å². The van der Waals surface area contributed by atoms with Crippen molar-refractivity contribution >= 4 is 56.3 Å². The minimum absolute atomic E-state index is 0.00549. The zero-order valence-electron chi connectivity index (χ0n) is 32.4. The standard InChI is InChI=1S/C39H52ClN5O9S/c1-22-10-8-9-11-24-20-39(24,35(48)44-55(50,51)38(6)14-15-38)43-33(46)30-18-26(53-31-19-28(40)27-13-12-25(52-7)17-29(27)41-31)21-45(30)34(47)32(23(2)16-22)42-36(49)54-37(3,4)5/h9,11-13,17,19,22-24,26,30,32H,8,10,14-16,18,20-21H2,1-7H3,(H,42,49)(H,43,46)(H,44,48)/b11-9-/t22-,23-,24-,26-,30+,32+,39-/m1/s1. The lowest BCUT2D eigenvalue weighted by atomic mass is 9.88. The molecular weight excluding hydrogens is 750 g/mol. The SMILES string of the molecule is COc1ccc2c(Cl)cc(O[C@@H]3C[C@H]4C(=O)N[C@]5(C(=O)NS(=O)(=O)C6(C)CC6)C[C@H]5/C=C\CC[C@@H](C)C[C@@H](C)[C@H](NC(=O)OC(C)(C)C)C(=O)N4C3)nc2c1. The molecule has 2 aliphatic carbocycles. The summed E-state index contributed by atoms with van der Waals surface area (Å²) < 4.78 is 44.8. The highest BCUT2D eigenvalue weighted by Gasteiger charge is 2.63. The van der Waals surface area contributed by atoms with Crippen molar-refractivity contribution in [2.75, 3.05) is 13.7 Å². The number of carbonyl (C=O) groups is 4. The smallest absolute Gasteiger partial charge is 0.408 e. The van der Waals surface area contributed by atoms with E-state index < -0.39 is 73.8 Å². The van der Waals surface area contributed by atoms with Crippen LogP contribution in [0.4, 0.5) is 4.79 Å². The molecule has 3 heterocycles. The fourth-order valence-electron chi connectivity index (χ4n) is 7.53. The zero-order valence-corrected chi connectivity index (χ0v) is 34.0. The van der Waals surface area contributed by atoms with E-state index in [0.29, 0.717) is 47.4 Å². The van der Waals surface area contributed by atoms with Gasteiger partial charge in [-0.05, 0) is 90.2 Å². The first-order valence-corrected chi connectivity index (χ1v) is 20.8. The summed E-state index contributed by atoms with van der Waals surface area (Å²) in [6.45, 7) is 10.7. The van der Waals surface area contributed by atoms with Gasteiger partial charge in [0.15, 0.2) is 0 Å². The predicted molar refractivity (Wildman–Crippen MR) is 206 cm³/mol. The number of amides is 4. The van der Waals surface area contributed by atoms with E-state index in [0.717, 1.165) is 6.42 Å². The van der Waals surface area contributed by atoms with Gasteiger partial charge in [0.1, 0.15) is 35.1 Å². The molecule has 2 saturated carbocycles. The summed E-state index contributed by atoms with van der Waals surface area (Å²) in [5.74, 6) is -1.92. The normalized spacial score (nSPS) is 30.1. The van der Waals surface area contributed by atoms with Crippen LogP contribution < -0.4 is 24.8 Å². The molecule has 0 bridgehead atoms. The van der Waals surface area contributed by atoms with Gasteiger partial charge in [0.05, 0.1) is 28.9 Å². The highest BCUT2D eigenvalue weighted by Crippen LogP contribution is 2.47. The van der Waals surface area contributed by atoms with Gasteiger partial charge in [-0.25, -0.2) is 18.2 Å². The lowest BCUT2D eigenvalue weighted by Gasteiger charge is -2.33. The number of ether oxygens (including phenoxy) is 3. The van der Waals surface area contributed by atoms with Crippen molar-refractivity contribution in [3.63, 3.8) is 0 Å². The summed E-state index contributed by atoms with van der Waals surface area (Å²) in [4.78, 5) is 62.3. The molecule has 300 valence electrons. The first-order valence-electron chi connectivity index (χ1n) is 18.9. The van der Waals surface area contributed by atoms with E-state index in [4.69, 9.17) is 25.8 Å². The van der Waals surface area contributed by atoms with E-state index >= 15 is 0 Å². The van der Waals surface area contributed by atoms with Gasteiger partial charge in [0, 0.05) is 29.9 Å². The van der Waals surface area contributed by atoms with Gasteiger partial charge in [-0.15, -0.1) is 0 Å². The van der Waals surface area contributed by atoms with Crippen LogP contribution in [0.25, 0.3) is 10.9 Å². The van der Waals surface area contributed by atoms with Crippen molar-refractivity contribution in [1.82, 2.24) is 25.2 Å². The molecule has 1 aromatic heterocycles. The molecule has 1 saturated heterocycles. The Labute approximate surface area is 327 Å². The fourth-order valence-corrected chi connectivity index (χ4v) is 9.10. The number of pyridine rings is 1. The van der Waals surface area contributed by atoms with Gasteiger partial charge in [-0.3, -0.25) is 19.1 Å². The predicted octanol–water partition coefficient (Wildman–Crippen LogP) is 5.02. The average Bonchev–Trinajstić information content (AvgIpc) is 3.97. The van der Waals surface area contributed by atoms with Crippen LogP contribution in [0.15, 0.2) is 36.4 Å². The Balaban J connectivity index is 1.34. The quantitative estimate of drug-likeness (QED) is 0.322. The summed E-state index contributed by atoms with van der Waals surface area (Å²) in [7, 11) is -2.47. The Kier molecular flexibility index (Phi) is 11.1. The van der Waals surface area contributed by atoms with E-state index in [1.54, 1.807) is 52.0 Å². The molecule has 3 N–H and O–H groups in total. The first kappa shape index (κ1) is 40.6. The number of rotatable bonds is 7. The first-order chi connectivity index (χ1) is 25.7. The van der Waals surface area contributed by atoms with Gasteiger partial charge in [-0.1, -0.05) is 37.6 Å². The molecule has 2 aromatic rings. The number of carbonyl (C=O) groups excluding carboxylic acids is 4. The highest BCUT2D eigenvalue weighted by atomic mass is 35.5. The van der Waals surface area contributed by atoms with Crippen LogP contribution in [0.3, 0.4) is 0 Å². The van der Waals surface area contributed by atoms with Gasteiger partial charge in [-0.2, -0.15) is 0 Å². The van der Waals surface area contributed by atoms with Crippen LogP contribution in [-0.2, 0) is 29.1 Å². The number of benzene rings is 1. The second-order valence-corrected chi connectivity index (χ2v) is 19.5. The van der Waals surface area contributed by atoms with E-state index in [9.17, 15) is 27.6 Å². The number of methoxy groups -OCH3 is 1. The second kappa shape index (κ2) is 15.1. The minimum atomic E-state index is -4.01. The highest BCUT2D eigenvalue weighted by molar-refractivity contribution is 7.91. The number of nitrogens with zero attached hydrogens (tertiary/aromatic N) is 2. The molecule has 3 fully saturated rings. The van der Waals surface area contributed by atoms with Crippen molar-refractivity contribution < 1.29 is 41.8 Å². The summed E-state index contributed by atoms with van der Waals surface area (Å²) in [6.07, 6.45) is 5.35. The van der Waals surface area contributed by atoms with Crippen molar-refractivity contribution in [2.24, 2.45) is 17.8 Å². The molecule has 2 aliphatic heterocycles. The van der Waals surface area contributed by atoms with Crippen LogP contribution >= 0.6 is 11.6 Å². The Bertz CT molecular complexity index is 2000. The summed E-state index contributed by atoms with van der Waals surface area (Å²) >= 11 is 6.62. The molecule has 1 aromatic carbocycles. The molecule has 6 rings (SSSR count). The van der Waals surface area contributed by atoms with Gasteiger partial charge in [0.2, 0.25) is 27.7 Å². The lowest BCUT2D eigenvalue weighted by molar-refractivity contribution is -0.142. The average molecular weight is 802 g/mol. The molecular formula is C39H52ClN5O9S. The lowest BCUT2D eigenvalue weighted by Crippen LogP contribution is -2.59. The van der Waals surface area contributed by atoms with Gasteiger partial charge in [0.25, 0.3) is 5.91 Å². The number of fused-ring (bicyclic) bond motifs is 3. The number of allylic oxidation sites excluding steroid dienone is 1. The van der Waals surface area contributed by atoms with Crippen LogP contribution in [0.1, 0.15) is 86.5 Å². The molecule has 14 nitrogen and oxygen atoms in total. The molecule has 0 spiro atoms. The molecule has 55 heavy (non-hydrogen) atoms. The van der Waals surface area contributed by atoms with Gasteiger partial charge < -0.3 is 29.7 Å². The van der Waals surface area contributed by atoms with E-state index in [1.165, 1.54) is 12.0 Å². The second-order valence-electron chi connectivity index (χ2n) is 16.9. The molecule has 4 aliphatic rings. The largest absolute Gasteiger partial charge is 0.497 e. The molecule has 7 atom stereocenters. The maximum absolute atomic E-state index is 14.7. The van der Waals surface area contributed by atoms with E-state index in [2.05, 4.69) is 27.3 Å². The molecule has 16 heteroatoms.